The van der Waals surface area contributed by atoms with Gasteiger partial charge < -0.3 is 10.2 Å². The predicted molar refractivity (Wildman–Crippen MR) is 188 cm³/mol. The monoisotopic (exact) mass is 697 g/mol. The fraction of sp³-hybridized carbons (Fsp3) is 0.257. The molecule has 0 bridgehead atoms. The van der Waals surface area contributed by atoms with Crippen LogP contribution in [0.4, 0.5) is 5.69 Å². The summed E-state index contributed by atoms with van der Waals surface area (Å²) in [6.07, 6.45) is 2.84. The first kappa shape index (κ1) is 35.4. The Morgan fingerprint density at radius 2 is 1.54 bits per heavy atom. The Kier molecular flexibility index (Phi) is 12.6. The van der Waals surface area contributed by atoms with E-state index in [9.17, 15) is 18.0 Å². The molecule has 0 spiro atoms. The number of thioether (sulfide) groups is 1. The van der Waals surface area contributed by atoms with Crippen LogP contribution in [0.25, 0.3) is 0 Å². The van der Waals surface area contributed by atoms with Crippen molar-refractivity contribution < 1.29 is 18.0 Å². The van der Waals surface area contributed by atoms with Gasteiger partial charge in [-0.25, -0.2) is 8.42 Å². The van der Waals surface area contributed by atoms with Crippen LogP contribution in [0.3, 0.4) is 0 Å². The number of halogens is 2. The van der Waals surface area contributed by atoms with Gasteiger partial charge >= 0.3 is 0 Å². The molecule has 2 amide bonds. The van der Waals surface area contributed by atoms with E-state index in [1.165, 1.54) is 28.8 Å². The highest BCUT2D eigenvalue weighted by atomic mass is 35.5. The summed E-state index contributed by atoms with van der Waals surface area (Å²) in [6, 6.07) is 27.0. The zero-order valence-electron chi connectivity index (χ0n) is 26.0. The maximum atomic E-state index is 14.5. The van der Waals surface area contributed by atoms with Gasteiger partial charge in [0.15, 0.2) is 0 Å². The molecule has 0 aliphatic heterocycles. The molecule has 4 aromatic rings. The van der Waals surface area contributed by atoms with E-state index in [2.05, 4.69) is 5.32 Å². The van der Waals surface area contributed by atoms with Gasteiger partial charge in [0.25, 0.3) is 10.0 Å². The van der Waals surface area contributed by atoms with E-state index in [1.54, 1.807) is 54.6 Å². The average molecular weight is 699 g/mol. The number of amides is 2. The van der Waals surface area contributed by atoms with E-state index in [1.807, 2.05) is 50.4 Å². The second-order valence-electron chi connectivity index (χ2n) is 10.8. The summed E-state index contributed by atoms with van der Waals surface area (Å²) in [5, 5.41) is 3.60. The standard InChI is InChI=1S/C35H37Cl2N3O4S2/c1-4-20-38-35(42)33(22-26-8-6-5-7-9-26)39(23-27-12-19-31(36)32(37)21-27)34(41)24-40(28-13-10-25(2)11-14-28)46(43,44)30-17-15-29(45-3)16-18-30/h5-19,21,33H,4,20,22-24H2,1-3H3,(H,38,42)/t33-/m1/s1. The van der Waals surface area contributed by atoms with E-state index in [0.29, 0.717) is 34.3 Å². The van der Waals surface area contributed by atoms with Crippen molar-refractivity contribution in [3.63, 3.8) is 0 Å². The van der Waals surface area contributed by atoms with Gasteiger partial charge in [-0.3, -0.25) is 13.9 Å². The summed E-state index contributed by atoms with van der Waals surface area (Å²) >= 11 is 14.0. The first-order chi connectivity index (χ1) is 22.0. The molecule has 7 nitrogen and oxygen atoms in total. The number of hydrogen-bond acceptors (Lipinski definition) is 5. The topological polar surface area (TPSA) is 86.8 Å². The number of carbonyl (C=O) groups is 2. The maximum absolute atomic E-state index is 14.5. The second kappa shape index (κ2) is 16.4. The highest BCUT2D eigenvalue weighted by Crippen LogP contribution is 2.28. The first-order valence-electron chi connectivity index (χ1n) is 14.8. The number of nitrogens with one attached hydrogen (secondary N) is 1. The van der Waals surface area contributed by atoms with Gasteiger partial charge in [0.05, 0.1) is 20.6 Å². The minimum Gasteiger partial charge on any atom is -0.354 e. The van der Waals surface area contributed by atoms with Gasteiger partial charge in [-0.2, -0.15) is 0 Å². The zero-order valence-corrected chi connectivity index (χ0v) is 29.1. The predicted octanol–water partition coefficient (Wildman–Crippen LogP) is 7.39. The maximum Gasteiger partial charge on any atom is 0.264 e. The molecule has 4 aromatic carbocycles. The van der Waals surface area contributed by atoms with Gasteiger partial charge in [-0.1, -0.05) is 84.2 Å². The molecule has 4 rings (SSSR count). The molecule has 242 valence electrons. The molecule has 0 unspecified atom stereocenters. The van der Waals surface area contributed by atoms with Gasteiger partial charge in [0, 0.05) is 24.4 Å². The summed E-state index contributed by atoms with van der Waals surface area (Å²) in [4.78, 5) is 30.7. The van der Waals surface area contributed by atoms with Crippen molar-refractivity contribution in [2.45, 2.75) is 49.1 Å². The van der Waals surface area contributed by atoms with Gasteiger partial charge in [0.2, 0.25) is 11.8 Å². The average Bonchev–Trinajstić information content (AvgIpc) is 3.06. The number of anilines is 1. The zero-order chi connectivity index (χ0) is 33.3. The SMILES string of the molecule is CCCNC(=O)[C@@H](Cc1ccccc1)N(Cc1ccc(Cl)c(Cl)c1)C(=O)CN(c1ccc(C)cc1)S(=O)(=O)c1ccc(SC)cc1. The Hall–Kier alpha value is -3.50. The highest BCUT2D eigenvalue weighted by molar-refractivity contribution is 7.98. The van der Waals surface area contributed by atoms with Crippen LogP contribution in [0, 0.1) is 6.92 Å². The lowest BCUT2D eigenvalue weighted by Gasteiger charge is -2.34. The Morgan fingerprint density at radius 1 is 0.870 bits per heavy atom. The second-order valence-corrected chi connectivity index (χ2v) is 14.3. The number of nitrogens with zero attached hydrogens (tertiary/aromatic N) is 2. The van der Waals surface area contributed by atoms with Crippen LogP contribution in [-0.4, -0.2) is 50.5 Å². The summed E-state index contributed by atoms with van der Waals surface area (Å²) in [5.41, 5.74) is 2.76. The Morgan fingerprint density at radius 3 is 2.15 bits per heavy atom. The molecule has 11 heteroatoms. The van der Waals surface area contributed by atoms with Crippen molar-refractivity contribution in [1.29, 1.82) is 0 Å². The third-order valence-electron chi connectivity index (χ3n) is 7.41. The number of sulfonamides is 1. The van der Waals surface area contributed by atoms with Crippen molar-refractivity contribution in [3.8, 4) is 0 Å². The molecule has 0 fully saturated rings. The van der Waals surface area contributed by atoms with E-state index >= 15 is 0 Å². The smallest absolute Gasteiger partial charge is 0.264 e. The van der Waals surface area contributed by atoms with Crippen molar-refractivity contribution in [2.24, 2.45) is 0 Å². The lowest BCUT2D eigenvalue weighted by atomic mass is 10.0. The van der Waals surface area contributed by atoms with E-state index in [-0.39, 0.29) is 23.8 Å². The molecule has 0 aliphatic rings. The number of aryl methyl sites for hydroxylation is 1. The molecule has 1 atom stereocenters. The van der Waals surface area contributed by atoms with Crippen molar-refractivity contribution in [1.82, 2.24) is 10.2 Å². The van der Waals surface area contributed by atoms with Crippen LogP contribution in [0.1, 0.15) is 30.0 Å². The van der Waals surface area contributed by atoms with Crippen molar-refractivity contribution in [3.05, 3.63) is 124 Å². The van der Waals surface area contributed by atoms with Gasteiger partial charge in [-0.15, -0.1) is 11.8 Å². The molecule has 0 saturated heterocycles. The minimum atomic E-state index is -4.19. The minimum absolute atomic E-state index is 0.00300. The van der Waals surface area contributed by atoms with Crippen LogP contribution >= 0.6 is 35.0 Å². The molecule has 0 heterocycles. The van der Waals surface area contributed by atoms with Gasteiger partial charge in [0.1, 0.15) is 12.6 Å². The number of rotatable bonds is 14. The summed E-state index contributed by atoms with van der Waals surface area (Å²) in [5.74, 6) is -0.889. The lowest BCUT2D eigenvalue weighted by Crippen LogP contribution is -2.53. The fourth-order valence-corrected chi connectivity index (χ4v) is 7.01. The van der Waals surface area contributed by atoms with Crippen LogP contribution in [0.2, 0.25) is 10.0 Å². The van der Waals surface area contributed by atoms with Crippen LogP contribution < -0.4 is 9.62 Å². The molecule has 0 radical (unpaired) electrons. The molecule has 0 aliphatic carbocycles. The summed E-state index contributed by atoms with van der Waals surface area (Å²) < 4.78 is 29.5. The van der Waals surface area contributed by atoms with Crippen molar-refractivity contribution >= 4 is 62.5 Å². The Labute approximate surface area is 286 Å². The van der Waals surface area contributed by atoms with Gasteiger partial charge in [-0.05, 0) is 79.3 Å². The number of carbonyl (C=O) groups excluding carboxylic acids is 2. The molecule has 0 aromatic heterocycles. The summed E-state index contributed by atoms with van der Waals surface area (Å²) in [7, 11) is -4.19. The van der Waals surface area contributed by atoms with Crippen LogP contribution in [0.15, 0.2) is 107 Å². The number of hydrogen-bond donors (Lipinski definition) is 1. The van der Waals surface area contributed by atoms with Crippen LogP contribution in [-0.2, 0) is 32.6 Å². The normalized spacial score (nSPS) is 11.9. The third-order valence-corrected chi connectivity index (χ3v) is 10.7. The number of benzene rings is 4. The summed E-state index contributed by atoms with van der Waals surface area (Å²) in [6.45, 7) is 3.73. The van der Waals surface area contributed by atoms with E-state index < -0.39 is 28.5 Å². The van der Waals surface area contributed by atoms with E-state index in [4.69, 9.17) is 23.2 Å². The molecule has 1 N–H and O–H groups in total. The molecular weight excluding hydrogens is 661 g/mol. The molecular formula is C35H37Cl2N3O4S2. The quantitative estimate of drug-likeness (QED) is 0.139. The van der Waals surface area contributed by atoms with Crippen molar-refractivity contribution in [2.75, 3.05) is 23.7 Å². The Bertz CT molecular complexity index is 1740. The lowest BCUT2D eigenvalue weighted by molar-refractivity contribution is -0.140. The fourth-order valence-electron chi connectivity index (χ4n) is 4.87. The third kappa shape index (κ3) is 9.06. The molecule has 0 saturated carbocycles. The van der Waals surface area contributed by atoms with Crippen LogP contribution in [0.5, 0.6) is 0 Å². The Balaban J connectivity index is 1.80. The largest absolute Gasteiger partial charge is 0.354 e. The highest BCUT2D eigenvalue weighted by Gasteiger charge is 2.34. The van der Waals surface area contributed by atoms with E-state index in [0.717, 1.165) is 20.3 Å². The molecule has 46 heavy (non-hydrogen) atoms. The first-order valence-corrected chi connectivity index (χ1v) is 18.2.